The molecule has 0 spiro atoms. The SMILES string of the molecule is CC(=O)N1CCO[C@@H](CNC(=O)c2ccc(-c3cc(N)ncn3)cc2)C1. The maximum absolute atomic E-state index is 12.3. The number of ether oxygens (including phenoxy) is 1. The van der Waals surface area contributed by atoms with Crippen molar-refractivity contribution in [1.82, 2.24) is 20.2 Å². The molecule has 0 unspecified atom stereocenters. The predicted octanol–water partition coefficient (Wildman–Crippen LogP) is 0.703. The van der Waals surface area contributed by atoms with Crippen LogP contribution in [0, 0.1) is 0 Å². The van der Waals surface area contributed by atoms with E-state index in [1.807, 2.05) is 12.1 Å². The van der Waals surface area contributed by atoms with E-state index in [9.17, 15) is 9.59 Å². The largest absolute Gasteiger partial charge is 0.384 e. The number of anilines is 1. The van der Waals surface area contributed by atoms with E-state index in [0.29, 0.717) is 43.3 Å². The Hall–Kier alpha value is -3.00. The van der Waals surface area contributed by atoms with Gasteiger partial charge in [0.05, 0.1) is 18.4 Å². The number of benzene rings is 1. The van der Waals surface area contributed by atoms with E-state index in [0.717, 1.165) is 5.56 Å². The molecule has 26 heavy (non-hydrogen) atoms. The Morgan fingerprint density at radius 3 is 2.77 bits per heavy atom. The molecule has 1 aliphatic rings. The third-order valence-electron chi connectivity index (χ3n) is 4.21. The van der Waals surface area contributed by atoms with E-state index in [2.05, 4.69) is 15.3 Å². The molecule has 1 aromatic heterocycles. The number of carbonyl (C=O) groups is 2. The lowest BCUT2D eigenvalue weighted by Crippen LogP contribution is -2.49. The molecule has 8 nitrogen and oxygen atoms in total. The second kappa shape index (κ2) is 7.92. The molecule has 1 aromatic carbocycles. The van der Waals surface area contributed by atoms with Crippen LogP contribution in [-0.4, -0.2) is 59.0 Å². The first-order valence-corrected chi connectivity index (χ1v) is 8.36. The fourth-order valence-electron chi connectivity index (χ4n) is 2.76. The molecule has 3 N–H and O–H groups in total. The Labute approximate surface area is 151 Å². The van der Waals surface area contributed by atoms with Gasteiger partial charge in [0.25, 0.3) is 5.91 Å². The quantitative estimate of drug-likeness (QED) is 0.835. The van der Waals surface area contributed by atoms with Crippen LogP contribution in [0.5, 0.6) is 0 Å². The average molecular weight is 355 g/mol. The van der Waals surface area contributed by atoms with Crippen molar-refractivity contribution < 1.29 is 14.3 Å². The van der Waals surface area contributed by atoms with Crippen molar-refractivity contribution in [2.75, 3.05) is 32.0 Å². The zero-order valence-corrected chi connectivity index (χ0v) is 14.5. The van der Waals surface area contributed by atoms with Gasteiger partial charge in [-0.25, -0.2) is 9.97 Å². The molecule has 0 radical (unpaired) electrons. The van der Waals surface area contributed by atoms with Gasteiger partial charge in [-0.05, 0) is 12.1 Å². The fourth-order valence-corrected chi connectivity index (χ4v) is 2.76. The standard InChI is InChI=1S/C18H21N5O3/c1-12(24)23-6-7-26-15(10-23)9-20-18(25)14-4-2-13(3-5-14)16-8-17(19)22-11-21-16/h2-5,8,11,15H,6-7,9-10H2,1H3,(H,20,25)(H2,19,21,22)/t15-/m0/s1. The molecule has 2 amide bonds. The van der Waals surface area contributed by atoms with Gasteiger partial charge in [-0.15, -0.1) is 0 Å². The van der Waals surface area contributed by atoms with Crippen LogP contribution in [0.4, 0.5) is 5.82 Å². The topological polar surface area (TPSA) is 110 Å². The lowest BCUT2D eigenvalue weighted by Gasteiger charge is -2.32. The van der Waals surface area contributed by atoms with Gasteiger partial charge in [0.15, 0.2) is 0 Å². The first kappa shape index (κ1) is 17.8. The molecule has 1 saturated heterocycles. The zero-order valence-electron chi connectivity index (χ0n) is 14.5. The molecule has 0 bridgehead atoms. The molecule has 1 aliphatic heterocycles. The Kier molecular flexibility index (Phi) is 5.43. The highest BCUT2D eigenvalue weighted by atomic mass is 16.5. The minimum atomic E-state index is -0.195. The summed E-state index contributed by atoms with van der Waals surface area (Å²) in [5.41, 5.74) is 7.75. The van der Waals surface area contributed by atoms with Gasteiger partial charge in [0, 0.05) is 43.8 Å². The number of nitrogens with two attached hydrogens (primary N) is 1. The molecule has 136 valence electrons. The number of nitrogens with one attached hydrogen (secondary N) is 1. The number of nitrogens with zero attached hydrogens (tertiary/aromatic N) is 3. The van der Waals surface area contributed by atoms with Crippen LogP contribution in [0.25, 0.3) is 11.3 Å². The maximum Gasteiger partial charge on any atom is 0.251 e. The molecule has 2 aromatic rings. The van der Waals surface area contributed by atoms with E-state index in [4.69, 9.17) is 10.5 Å². The van der Waals surface area contributed by atoms with Gasteiger partial charge in [-0.3, -0.25) is 9.59 Å². The highest BCUT2D eigenvalue weighted by Crippen LogP contribution is 2.18. The summed E-state index contributed by atoms with van der Waals surface area (Å²) in [5.74, 6) is 0.219. The molecule has 1 fully saturated rings. The van der Waals surface area contributed by atoms with E-state index >= 15 is 0 Å². The minimum absolute atomic E-state index is 0.0190. The van der Waals surface area contributed by atoms with Crippen molar-refractivity contribution in [3.8, 4) is 11.3 Å². The summed E-state index contributed by atoms with van der Waals surface area (Å²) in [6, 6.07) is 8.76. The highest BCUT2D eigenvalue weighted by molar-refractivity contribution is 5.94. The molecule has 1 atom stereocenters. The Bertz CT molecular complexity index is 794. The number of rotatable bonds is 4. The summed E-state index contributed by atoms with van der Waals surface area (Å²) < 4.78 is 5.60. The first-order chi connectivity index (χ1) is 12.5. The van der Waals surface area contributed by atoms with Crippen molar-refractivity contribution in [3.63, 3.8) is 0 Å². The number of carbonyl (C=O) groups excluding carboxylic acids is 2. The average Bonchev–Trinajstić information content (AvgIpc) is 2.66. The fraction of sp³-hybridized carbons (Fsp3) is 0.333. The molecule has 0 aliphatic carbocycles. The van der Waals surface area contributed by atoms with Crippen molar-refractivity contribution in [2.24, 2.45) is 0 Å². The van der Waals surface area contributed by atoms with Gasteiger partial charge in [0.2, 0.25) is 5.91 Å². The molecule has 0 saturated carbocycles. The van der Waals surface area contributed by atoms with Gasteiger partial charge >= 0.3 is 0 Å². The second-order valence-corrected chi connectivity index (χ2v) is 6.07. The maximum atomic E-state index is 12.3. The number of hydrogen-bond donors (Lipinski definition) is 2. The number of amides is 2. The van der Waals surface area contributed by atoms with Gasteiger partial charge in [0.1, 0.15) is 12.1 Å². The zero-order chi connectivity index (χ0) is 18.5. The van der Waals surface area contributed by atoms with Crippen molar-refractivity contribution >= 4 is 17.6 Å². The highest BCUT2D eigenvalue weighted by Gasteiger charge is 2.22. The summed E-state index contributed by atoms with van der Waals surface area (Å²) >= 11 is 0. The van der Waals surface area contributed by atoms with Crippen LogP contribution in [-0.2, 0) is 9.53 Å². The Morgan fingerprint density at radius 2 is 2.08 bits per heavy atom. The smallest absolute Gasteiger partial charge is 0.251 e. The van der Waals surface area contributed by atoms with Crippen LogP contribution in [0.3, 0.4) is 0 Å². The Balaban J connectivity index is 1.57. The van der Waals surface area contributed by atoms with E-state index in [-0.39, 0.29) is 17.9 Å². The van der Waals surface area contributed by atoms with Gasteiger partial charge in [-0.1, -0.05) is 12.1 Å². The van der Waals surface area contributed by atoms with Crippen molar-refractivity contribution in [1.29, 1.82) is 0 Å². The summed E-state index contributed by atoms with van der Waals surface area (Å²) in [6.45, 7) is 3.45. The van der Waals surface area contributed by atoms with Gasteiger partial charge < -0.3 is 20.7 Å². The summed E-state index contributed by atoms with van der Waals surface area (Å²) in [6.07, 6.45) is 1.21. The lowest BCUT2D eigenvalue weighted by atomic mass is 10.1. The third kappa shape index (κ3) is 4.34. The van der Waals surface area contributed by atoms with Crippen LogP contribution in [0.15, 0.2) is 36.7 Å². The number of aromatic nitrogens is 2. The number of nitrogen functional groups attached to an aromatic ring is 1. The van der Waals surface area contributed by atoms with Crippen LogP contribution in [0.2, 0.25) is 0 Å². The summed E-state index contributed by atoms with van der Waals surface area (Å²) in [5, 5.41) is 2.85. The van der Waals surface area contributed by atoms with Crippen molar-refractivity contribution in [3.05, 3.63) is 42.2 Å². The van der Waals surface area contributed by atoms with Crippen LogP contribution >= 0.6 is 0 Å². The molecule has 3 rings (SSSR count). The van der Waals surface area contributed by atoms with E-state index < -0.39 is 0 Å². The first-order valence-electron chi connectivity index (χ1n) is 8.36. The monoisotopic (exact) mass is 355 g/mol. The Morgan fingerprint density at radius 1 is 1.31 bits per heavy atom. The molecular weight excluding hydrogens is 334 g/mol. The number of hydrogen-bond acceptors (Lipinski definition) is 6. The van der Waals surface area contributed by atoms with Crippen molar-refractivity contribution in [2.45, 2.75) is 13.0 Å². The normalized spacial score (nSPS) is 17.0. The van der Waals surface area contributed by atoms with Gasteiger partial charge in [-0.2, -0.15) is 0 Å². The molecule has 2 heterocycles. The third-order valence-corrected chi connectivity index (χ3v) is 4.21. The minimum Gasteiger partial charge on any atom is -0.384 e. The predicted molar refractivity (Wildman–Crippen MR) is 96.2 cm³/mol. The summed E-state index contributed by atoms with van der Waals surface area (Å²) in [4.78, 5) is 33.5. The molecular formula is C18H21N5O3. The molecule has 8 heteroatoms. The van der Waals surface area contributed by atoms with E-state index in [1.165, 1.54) is 13.3 Å². The van der Waals surface area contributed by atoms with Crippen LogP contribution < -0.4 is 11.1 Å². The second-order valence-electron chi connectivity index (χ2n) is 6.07. The lowest BCUT2D eigenvalue weighted by molar-refractivity contribution is -0.136. The van der Waals surface area contributed by atoms with E-state index in [1.54, 1.807) is 23.1 Å². The summed E-state index contributed by atoms with van der Waals surface area (Å²) in [7, 11) is 0. The number of morpholine rings is 1. The van der Waals surface area contributed by atoms with Crippen LogP contribution in [0.1, 0.15) is 17.3 Å².